The van der Waals surface area contributed by atoms with Gasteiger partial charge in [0.05, 0.1) is 26.4 Å². The van der Waals surface area contributed by atoms with Gasteiger partial charge in [0, 0.05) is 6.07 Å². The third-order valence-electron chi connectivity index (χ3n) is 3.19. The fourth-order valence-corrected chi connectivity index (χ4v) is 2.91. The molecule has 0 fully saturated rings. The van der Waals surface area contributed by atoms with Crippen LogP contribution in [0.3, 0.4) is 0 Å². The van der Waals surface area contributed by atoms with Crippen molar-refractivity contribution in [2.24, 2.45) is 0 Å². The molecule has 1 aliphatic rings. The number of hydrogen-bond donors (Lipinski definition) is 1. The summed E-state index contributed by atoms with van der Waals surface area (Å²) >= 11 is 9.43. The lowest BCUT2D eigenvalue weighted by Crippen LogP contribution is -2.36. The third kappa shape index (κ3) is 1.70. The molecule has 1 aromatic heterocycles. The first-order chi connectivity index (χ1) is 8.83. The Morgan fingerprint density at radius 3 is 2.79 bits per heavy atom. The van der Waals surface area contributed by atoms with Crippen LogP contribution in [0.1, 0.15) is 25.5 Å². The Bertz CT molecular complexity index is 696. The Kier molecular flexibility index (Phi) is 2.66. The van der Waals surface area contributed by atoms with Gasteiger partial charge in [-0.05, 0) is 36.7 Å². The summed E-state index contributed by atoms with van der Waals surface area (Å²) in [6, 6.07) is 1.43. The van der Waals surface area contributed by atoms with Crippen LogP contribution in [0.5, 0.6) is 0 Å². The van der Waals surface area contributed by atoms with E-state index in [1.807, 2.05) is 25.3 Å². The van der Waals surface area contributed by atoms with Crippen LogP contribution >= 0.6 is 27.5 Å². The van der Waals surface area contributed by atoms with E-state index >= 15 is 0 Å². The van der Waals surface area contributed by atoms with Crippen LogP contribution in [-0.4, -0.2) is 14.8 Å². The van der Waals surface area contributed by atoms with E-state index in [0.717, 1.165) is 5.82 Å². The first-order valence-corrected chi connectivity index (χ1v) is 6.88. The number of aromatic nitrogens is 3. The molecule has 0 unspecified atom stereocenters. The fraction of sp³-hybridized carbons (Fsp3) is 0.333. The summed E-state index contributed by atoms with van der Waals surface area (Å²) in [5.41, 5.74) is 0.857. The van der Waals surface area contributed by atoms with E-state index in [-0.39, 0.29) is 4.47 Å². The van der Waals surface area contributed by atoms with Gasteiger partial charge < -0.3 is 5.32 Å². The molecule has 0 aliphatic carbocycles. The van der Waals surface area contributed by atoms with Crippen molar-refractivity contribution >= 4 is 33.2 Å². The van der Waals surface area contributed by atoms with Crippen molar-refractivity contribution in [2.75, 3.05) is 5.32 Å². The lowest BCUT2D eigenvalue weighted by molar-refractivity contribution is 0.532. The molecule has 100 valence electrons. The molecule has 0 radical (unpaired) electrons. The second-order valence-electron chi connectivity index (χ2n) is 5.04. The maximum Gasteiger partial charge on any atom is 0.162 e. The summed E-state index contributed by atoms with van der Waals surface area (Å²) in [6.07, 6.45) is 0. The zero-order valence-corrected chi connectivity index (χ0v) is 12.9. The first kappa shape index (κ1) is 12.9. The minimum atomic E-state index is -0.447. The van der Waals surface area contributed by atoms with Gasteiger partial charge in [-0.2, -0.15) is 0 Å². The second-order valence-corrected chi connectivity index (χ2v) is 6.21. The molecule has 1 N–H and O–H groups in total. The summed E-state index contributed by atoms with van der Waals surface area (Å²) in [4.78, 5) is 0. The van der Waals surface area contributed by atoms with Crippen LogP contribution in [0.4, 0.5) is 10.1 Å². The van der Waals surface area contributed by atoms with Gasteiger partial charge in [-0.25, -0.2) is 4.39 Å². The average Bonchev–Trinajstić information content (AvgIpc) is 2.69. The predicted octanol–water partition coefficient (Wildman–Crippen LogP) is 3.79. The Balaban J connectivity index is 2.42. The molecule has 1 aliphatic heterocycles. The zero-order chi connectivity index (χ0) is 13.9. The van der Waals surface area contributed by atoms with Crippen molar-refractivity contribution in [2.45, 2.75) is 26.3 Å². The molecule has 1 aromatic carbocycles. The third-order valence-corrected chi connectivity index (χ3v) is 4.56. The minimum absolute atomic E-state index is 0.244. The number of fused-ring (bicyclic) bond motifs is 3. The molecule has 19 heavy (non-hydrogen) atoms. The lowest BCUT2D eigenvalue weighted by atomic mass is 10.00. The van der Waals surface area contributed by atoms with Crippen molar-refractivity contribution in [3.05, 3.63) is 33.0 Å². The first-order valence-electron chi connectivity index (χ1n) is 5.71. The zero-order valence-electron chi connectivity index (χ0n) is 10.6. The van der Waals surface area contributed by atoms with E-state index in [4.69, 9.17) is 11.6 Å². The molecule has 0 bridgehead atoms. The molecule has 0 amide bonds. The Morgan fingerprint density at radius 1 is 1.42 bits per heavy atom. The van der Waals surface area contributed by atoms with Crippen molar-refractivity contribution in [3.63, 3.8) is 0 Å². The number of nitrogens with one attached hydrogen (secondary N) is 1. The number of anilines is 1. The van der Waals surface area contributed by atoms with Crippen LogP contribution in [0, 0.1) is 12.7 Å². The van der Waals surface area contributed by atoms with Crippen LogP contribution < -0.4 is 5.32 Å². The Labute approximate surface area is 123 Å². The minimum Gasteiger partial charge on any atom is -0.371 e. The van der Waals surface area contributed by atoms with Gasteiger partial charge >= 0.3 is 0 Å². The van der Waals surface area contributed by atoms with E-state index in [2.05, 4.69) is 31.4 Å². The number of halogens is 3. The molecule has 4 nitrogen and oxygen atoms in total. The van der Waals surface area contributed by atoms with Crippen LogP contribution in [0.15, 0.2) is 10.5 Å². The highest BCUT2D eigenvalue weighted by Crippen LogP contribution is 2.43. The van der Waals surface area contributed by atoms with E-state index in [1.54, 1.807) is 0 Å². The highest BCUT2D eigenvalue weighted by Gasteiger charge is 2.36. The smallest absolute Gasteiger partial charge is 0.162 e. The number of rotatable bonds is 0. The van der Waals surface area contributed by atoms with Crippen LogP contribution in [0.25, 0.3) is 5.69 Å². The van der Waals surface area contributed by atoms with Crippen molar-refractivity contribution in [1.82, 2.24) is 14.8 Å². The summed E-state index contributed by atoms with van der Waals surface area (Å²) in [6.45, 7) is 5.77. The van der Waals surface area contributed by atoms with Crippen LogP contribution in [-0.2, 0) is 5.54 Å². The van der Waals surface area contributed by atoms with Crippen LogP contribution in [0.2, 0.25) is 5.02 Å². The molecule has 2 aromatic rings. The molecule has 0 spiro atoms. The molecular formula is C12H11BrClFN4. The SMILES string of the molecule is Cc1nnc2n1-c1c(cc(F)c(Br)c1Cl)NC2(C)C. The van der Waals surface area contributed by atoms with E-state index in [1.165, 1.54) is 6.07 Å². The van der Waals surface area contributed by atoms with Gasteiger partial charge in [0.1, 0.15) is 11.6 Å². The van der Waals surface area contributed by atoms with E-state index in [0.29, 0.717) is 22.2 Å². The van der Waals surface area contributed by atoms with Gasteiger partial charge in [0.15, 0.2) is 5.82 Å². The van der Waals surface area contributed by atoms with Gasteiger partial charge in [-0.1, -0.05) is 11.6 Å². The van der Waals surface area contributed by atoms with Gasteiger partial charge in [0.25, 0.3) is 0 Å². The average molecular weight is 346 g/mol. The highest BCUT2D eigenvalue weighted by atomic mass is 79.9. The molecule has 0 saturated carbocycles. The maximum atomic E-state index is 13.8. The molecule has 7 heteroatoms. The predicted molar refractivity (Wildman–Crippen MR) is 75.4 cm³/mol. The summed E-state index contributed by atoms with van der Waals surface area (Å²) in [7, 11) is 0. The molecule has 0 atom stereocenters. The molecule has 2 heterocycles. The number of nitrogens with zero attached hydrogens (tertiary/aromatic N) is 3. The standard InChI is InChI=1S/C12H11BrClFN4/c1-5-17-18-11-12(2,3)16-7-4-6(15)8(13)9(14)10(7)19(5)11/h4,16H,1-3H3. The second kappa shape index (κ2) is 3.93. The topological polar surface area (TPSA) is 42.7 Å². The lowest BCUT2D eigenvalue weighted by Gasteiger charge is -2.34. The van der Waals surface area contributed by atoms with Gasteiger partial charge in [-0.3, -0.25) is 4.57 Å². The largest absolute Gasteiger partial charge is 0.371 e. The van der Waals surface area contributed by atoms with E-state index < -0.39 is 11.4 Å². The molecule has 0 saturated heterocycles. The summed E-state index contributed by atoms with van der Waals surface area (Å²) in [5, 5.41) is 11.8. The van der Waals surface area contributed by atoms with Crippen molar-refractivity contribution < 1.29 is 4.39 Å². The fourth-order valence-electron chi connectivity index (χ4n) is 2.33. The number of aryl methyl sites for hydroxylation is 1. The van der Waals surface area contributed by atoms with Crippen molar-refractivity contribution in [1.29, 1.82) is 0 Å². The molecule has 3 rings (SSSR count). The Hall–Kier alpha value is -1.14. The Morgan fingerprint density at radius 2 is 2.11 bits per heavy atom. The quantitative estimate of drug-likeness (QED) is 0.739. The van der Waals surface area contributed by atoms with Gasteiger partial charge in [-0.15, -0.1) is 10.2 Å². The highest BCUT2D eigenvalue weighted by molar-refractivity contribution is 9.10. The molecular weight excluding hydrogens is 335 g/mol. The summed E-state index contributed by atoms with van der Waals surface area (Å²) < 4.78 is 15.9. The summed E-state index contributed by atoms with van der Waals surface area (Å²) in [5.74, 6) is 1.06. The van der Waals surface area contributed by atoms with Crippen molar-refractivity contribution in [3.8, 4) is 5.69 Å². The number of benzene rings is 1. The van der Waals surface area contributed by atoms with Gasteiger partial charge in [0.2, 0.25) is 0 Å². The maximum absolute atomic E-state index is 13.8. The monoisotopic (exact) mass is 344 g/mol. The number of hydrogen-bond acceptors (Lipinski definition) is 3. The normalized spacial score (nSPS) is 15.7. The van der Waals surface area contributed by atoms with E-state index in [9.17, 15) is 4.39 Å².